The Morgan fingerprint density at radius 1 is 1.17 bits per heavy atom. The molecule has 0 aromatic carbocycles. The van der Waals surface area contributed by atoms with Crippen LogP contribution in [0.25, 0.3) is 0 Å². The van der Waals surface area contributed by atoms with Crippen molar-refractivity contribution in [2.24, 2.45) is 0 Å². The van der Waals surface area contributed by atoms with E-state index in [4.69, 9.17) is 4.74 Å². The molecule has 0 aromatic heterocycles. The van der Waals surface area contributed by atoms with Crippen LogP contribution in [0.15, 0.2) is 0 Å². The van der Waals surface area contributed by atoms with Crippen LogP contribution in [0, 0.1) is 0 Å². The number of amides is 2. The van der Waals surface area contributed by atoms with Crippen LogP contribution in [0.1, 0.15) is 45.4 Å². The molecule has 0 unspecified atom stereocenters. The van der Waals surface area contributed by atoms with Crippen molar-refractivity contribution in [3.63, 3.8) is 0 Å². The van der Waals surface area contributed by atoms with Gasteiger partial charge in [0.1, 0.15) is 0 Å². The SMILES string of the molecule is CC(=O)N(CCC(=O)NCCN1CCOCC1)C1CCCCC1. The minimum atomic E-state index is 0.0420. The summed E-state index contributed by atoms with van der Waals surface area (Å²) in [6.45, 7) is 7.14. The maximum absolute atomic E-state index is 12.0. The van der Waals surface area contributed by atoms with Crippen molar-refractivity contribution in [1.82, 2.24) is 15.1 Å². The Bertz CT molecular complexity index is 377. The first-order chi connectivity index (χ1) is 11.2. The van der Waals surface area contributed by atoms with Crippen LogP contribution in [-0.4, -0.2) is 73.6 Å². The topological polar surface area (TPSA) is 61.9 Å². The third-order valence-electron chi connectivity index (χ3n) is 4.85. The number of carbonyl (C=O) groups is 2. The van der Waals surface area contributed by atoms with Crippen molar-refractivity contribution in [2.45, 2.75) is 51.5 Å². The zero-order valence-electron chi connectivity index (χ0n) is 14.4. The lowest BCUT2D eigenvalue weighted by Gasteiger charge is -2.33. The Balaban J connectivity index is 1.63. The van der Waals surface area contributed by atoms with Crippen molar-refractivity contribution >= 4 is 11.8 Å². The molecule has 1 saturated heterocycles. The lowest BCUT2D eigenvalue weighted by molar-refractivity contribution is -0.132. The van der Waals surface area contributed by atoms with E-state index in [9.17, 15) is 9.59 Å². The van der Waals surface area contributed by atoms with E-state index in [1.165, 1.54) is 19.3 Å². The molecule has 1 saturated carbocycles. The predicted octanol–water partition coefficient (Wildman–Crippen LogP) is 1.01. The van der Waals surface area contributed by atoms with Crippen molar-refractivity contribution in [3.05, 3.63) is 0 Å². The number of nitrogens with one attached hydrogen (secondary N) is 1. The highest BCUT2D eigenvalue weighted by Gasteiger charge is 2.23. The van der Waals surface area contributed by atoms with Gasteiger partial charge in [0.2, 0.25) is 11.8 Å². The number of hydrogen-bond acceptors (Lipinski definition) is 4. The standard InChI is InChI=1S/C17H31N3O3/c1-15(21)20(16-5-3-2-4-6-16)9-7-17(22)18-8-10-19-11-13-23-14-12-19/h16H,2-14H2,1H3,(H,18,22). The van der Waals surface area contributed by atoms with E-state index >= 15 is 0 Å². The number of ether oxygens (including phenoxy) is 1. The summed E-state index contributed by atoms with van der Waals surface area (Å²) in [5, 5.41) is 2.97. The fourth-order valence-electron chi connectivity index (χ4n) is 3.48. The van der Waals surface area contributed by atoms with Crippen LogP contribution in [-0.2, 0) is 14.3 Å². The fourth-order valence-corrected chi connectivity index (χ4v) is 3.48. The molecular formula is C17H31N3O3. The minimum Gasteiger partial charge on any atom is -0.379 e. The molecule has 0 spiro atoms. The van der Waals surface area contributed by atoms with Crippen LogP contribution in [0.5, 0.6) is 0 Å². The highest BCUT2D eigenvalue weighted by Crippen LogP contribution is 2.22. The molecule has 2 amide bonds. The highest BCUT2D eigenvalue weighted by atomic mass is 16.5. The Hall–Kier alpha value is -1.14. The summed E-state index contributed by atoms with van der Waals surface area (Å²) in [6.07, 6.45) is 6.22. The van der Waals surface area contributed by atoms with Crippen LogP contribution in [0.4, 0.5) is 0 Å². The Morgan fingerprint density at radius 3 is 2.52 bits per heavy atom. The molecule has 0 bridgehead atoms. The summed E-state index contributed by atoms with van der Waals surface area (Å²) < 4.78 is 5.31. The highest BCUT2D eigenvalue weighted by molar-refractivity contribution is 5.78. The van der Waals surface area contributed by atoms with E-state index in [-0.39, 0.29) is 11.8 Å². The molecule has 1 N–H and O–H groups in total. The van der Waals surface area contributed by atoms with Gasteiger partial charge in [0.15, 0.2) is 0 Å². The van der Waals surface area contributed by atoms with Gasteiger partial charge in [-0.25, -0.2) is 0 Å². The fraction of sp³-hybridized carbons (Fsp3) is 0.882. The van der Waals surface area contributed by atoms with Gasteiger partial charge >= 0.3 is 0 Å². The molecular weight excluding hydrogens is 294 g/mol. The maximum Gasteiger partial charge on any atom is 0.221 e. The molecule has 2 aliphatic rings. The van der Waals surface area contributed by atoms with Gasteiger partial charge in [0, 0.05) is 52.1 Å². The molecule has 6 heteroatoms. The molecule has 2 rings (SSSR count). The van der Waals surface area contributed by atoms with E-state index in [0.717, 1.165) is 45.7 Å². The van der Waals surface area contributed by atoms with Crippen LogP contribution >= 0.6 is 0 Å². The van der Waals surface area contributed by atoms with Crippen molar-refractivity contribution in [1.29, 1.82) is 0 Å². The lowest BCUT2D eigenvalue weighted by atomic mass is 9.94. The largest absolute Gasteiger partial charge is 0.379 e. The molecule has 23 heavy (non-hydrogen) atoms. The van der Waals surface area contributed by atoms with E-state index in [0.29, 0.717) is 25.6 Å². The quantitative estimate of drug-likeness (QED) is 0.759. The monoisotopic (exact) mass is 325 g/mol. The van der Waals surface area contributed by atoms with E-state index < -0.39 is 0 Å². The lowest BCUT2D eigenvalue weighted by Crippen LogP contribution is -2.43. The summed E-state index contributed by atoms with van der Waals surface area (Å²) in [5.74, 6) is 0.137. The first-order valence-corrected chi connectivity index (χ1v) is 9.01. The van der Waals surface area contributed by atoms with Gasteiger partial charge in [-0.3, -0.25) is 14.5 Å². The summed E-state index contributed by atoms with van der Waals surface area (Å²) in [5.41, 5.74) is 0. The van der Waals surface area contributed by atoms with Crippen LogP contribution < -0.4 is 5.32 Å². The molecule has 0 aromatic rings. The van der Waals surface area contributed by atoms with Gasteiger partial charge in [-0.1, -0.05) is 19.3 Å². The molecule has 0 radical (unpaired) electrons. The molecule has 2 fully saturated rings. The first-order valence-electron chi connectivity index (χ1n) is 9.01. The molecule has 1 aliphatic heterocycles. The summed E-state index contributed by atoms with van der Waals surface area (Å²) in [7, 11) is 0. The Kier molecular flexibility index (Phi) is 7.82. The predicted molar refractivity (Wildman–Crippen MR) is 89.1 cm³/mol. The summed E-state index contributed by atoms with van der Waals surface area (Å²) in [4.78, 5) is 28.1. The number of morpholine rings is 1. The normalized spacial score (nSPS) is 20.2. The zero-order chi connectivity index (χ0) is 16.5. The van der Waals surface area contributed by atoms with Crippen molar-refractivity contribution in [2.75, 3.05) is 45.9 Å². The van der Waals surface area contributed by atoms with Crippen molar-refractivity contribution in [3.8, 4) is 0 Å². The number of nitrogens with zero attached hydrogens (tertiary/aromatic N) is 2. The third kappa shape index (κ3) is 6.47. The number of rotatable bonds is 7. The van der Waals surface area contributed by atoms with Gasteiger partial charge < -0.3 is 15.0 Å². The third-order valence-corrected chi connectivity index (χ3v) is 4.85. The average Bonchev–Trinajstić information content (AvgIpc) is 2.57. The van der Waals surface area contributed by atoms with Gasteiger partial charge in [-0.05, 0) is 12.8 Å². The summed E-state index contributed by atoms with van der Waals surface area (Å²) >= 11 is 0. The molecule has 6 nitrogen and oxygen atoms in total. The van der Waals surface area contributed by atoms with Gasteiger partial charge in [-0.2, -0.15) is 0 Å². The zero-order valence-corrected chi connectivity index (χ0v) is 14.4. The van der Waals surface area contributed by atoms with Gasteiger partial charge in [0.25, 0.3) is 0 Å². The van der Waals surface area contributed by atoms with Gasteiger partial charge in [0.05, 0.1) is 13.2 Å². The maximum atomic E-state index is 12.0. The molecule has 0 atom stereocenters. The van der Waals surface area contributed by atoms with E-state index in [1.807, 2.05) is 4.90 Å². The van der Waals surface area contributed by atoms with E-state index in [1.54, 1.807) is 6.92 Å². The second-order valence-electron chi connectivity index (χ2n) is 6.56. The minimum absolute atomic E-state index is 0.0420. The Labute approximate surface area is 139 Å². The number of hydrogen-bond donors (Lipinski definition) is 1. The second-order valence-corrected chi connectivity index (χ2v) is 6.56. The molecule has 132 valence electrons. The molecule has 1 aliphatic carbocycles. The summed E-state index contributed by atoms with van der Waals surface area (Å²) in [6, 6.07) is 0.336. The van der Waals surface area contributed by atoms with Crippen molar-refractivity contribution < 1.29 is 14.3 Å². The first kappa shape index (κ1) is 18.2. The number of carbonyl (C=O) groups excluding carboxylic acids is 2. The van der Waals surface area contributed by atoms with E-state index in [2.05, 4.69) is 10.2 Å². The van der Waals surface area contributed by atoms with Gasteiger partial charge in [-0.15, -0.1) is 0 Å². The smallest absolute Gasteiger partial charge is 0.221 e. The average molecular weight is 325 g/mol. The van der Waals surface area contributed by atoms with Crippen LogP contribution in [0.3, 0.4) is 0 Å². The second kappa shape index (κ2) is 9.88. The van der Waals surface area contributed by atoms with Crippen LogP contribution in [0.2, 0.25) is 0 Å². The Morgan fingerprint density at radius 2 is 1.87 bits per heavy atom. The molecule has 1 heterocycles.